The number of rotatable bonds is 2. The molecule has 2 heteroatoms. The molecule has 2 atom stereocenters. The summed E-state index contributed by atoms with van der Waals surface area (Å²) in [5.41, 5.74) is 6.90. The van der Waals surface area contributed by atoms with Gasteiger partial charge in [-0.3, -0.25) is 0 Å². The molecule has 0 saturated carbocycles. The number of aryl methyl sites for hydroxylation is 1. The van der Waals surface area contributed by atoms with Gasteiger partial charge in [0, 0.05) is 24.2 Å². The Morgan fingerprint density at radius 1 is 1.10 bits per heavy atom. The predicted molar refractivity (Wildman–Crippen MR) is 123 cm³/mol. The van der Waals surface area contributed by atoms with E-state index in [2.05, 4.69) is 80.1 Å². The normalized spacial score (nSPS) is 25.7. The second-order valence-corrected chi connectivity index (χ2v) is 9.10. The standard InChI is InChI=1S/C27H30N2/c1-19-16-17-27(2)24-14-9-20(18-22(24)11-15-26(27)29(19)3)8-12-23-13-10-21-6-4-5-7-25(21)28-23/h6-10,12-14,18,26H,1,4-5,11,15-17H2,2-3H3/b12-8+. The molecule has 2 unspecified atom stereocenters. The number of allylic oxidation sites excluding steroid dienone is 1. The molecule has 2 aliphatic carbocycles. The Bertz CT molecular complexity index is 1120. The van der Waals surface area contributed by atoms with Gasteiger partial charge in [-0.05, 0) is 72.6 Å². The van der Waals surface area contributed by atoms with Crippen molar-refractivity contribution in [2.24, 2.45) is 0 Å². The molecule has 0 amide bonds. The highest BCUT2D eigenvalue weighted by Crippen LogP contribution is 2.47. The van der Waals surface area contributed by atoms with Gasteiger partial charge >= 0.3 is 0 Å². The largest absolute Gasteiger partial charge is 0.374 e. The summed E-state index contributed by atoms with van der Waals surface area (Å²) < 4.78 is 0. The van der Waals surface area contributed by atoms with E-state index in [1.54, 1.807) is 5.56 Å². The number of hydrogen-bond donors (Lipinski definition) is 0. The number of pyridine rings is 1. The molecule has 0 bridgehead atoms. The second kappa shape index (κ2) is 7.02. The summed E-state index contributed by atoms with van der Waals surface area (Å²) in [4.78, 5) is 7.25. The Morgan fingerprint density at radius 3 is 2.86 bits per heavy atom. The molecule has 1 saturated heterocycles. The van der Waals surface area contributed by atoms with Crippen LogP contribution in [0.25, 0.3) is 24.3 Å². The van der Waals surface area contributed by atoms with Crippen molar-refractivity contribution >= 4 is 24.3 Å². The summed E-state index contributed by atoms with van der Waals surface area (Å²) in [6.45, 7) is 6.73. The Hall–Kier alpha value is -2.61. The van der Waals surface area contributed by atoms with Crippen LogP contribution in [0, 0.1) is 0 Å². The fourth-order valence-corrected chi connectivity index (χ4v) is 5.57. The molecule has 2 nitrogen and oxygen atoms in total. The number of likely N-dealkylation sites (tertiary alicyclic amines) is 1. The fraction of sp³-hybridized carbons (Fsp3) is 0.370. The molecule has 0 radical (unpaired) electrons. The summed E-state index contributed by atoms with van der Waals surface area (Å²) in [5, 5.41) is 2.40. The van der Waals surface area contributed by atoms with Crippen LogP contribution in [0.1, 0.15) is 61.4 Å². The van der Waals surface area contributed by atoms with E-state index in [4.69, 9.17) is 4.98 Å². The summed E-state index contributed by atoms with van der Waals surface area (Å²) in [5.74, 6) is 0. The fourth-order valence-electron chi connectivity index (χ4n) is 5.57. The van der Waals surface area contributed by atoms with Crippen molar-refractivity contribution in [2.75, 3.05) is 7.05 Å². The van der Waals surface area contributed by atoms with Gasteiger partial charge in [-0.2, -0.15) is 0 Å². The maximum absolute atomic E-state index is 4.81. The minimum Gasteiger partial charge on any atom is -0.374 e. The highest BCUT2D eigenvalue weighted by atomic mass is 15.2. The molecule has 1 aliphatic heterocycles. The molecule has 3 aliphatic rings. The van der Waals surface area contributed by atoms with Gasteiger partial charge in [0.25, 0.3) is 0 Å². The van der Waals surface area contributed by atoms with E-state index in [0.29, 0.717) is 6.04 Å². The Morgan fingerprint density at radius 2 is 1.97 bits per heavy atom. The van der Waals surface area contributed by atoms with Crippen LogP contribution >= 0.6 is 0 Å². The molecular weight excluding hydrogens is 352 g/mol. The third-order valence-electron chi connectivity index (χ3n) is 7.36. The Kier molecular flexibility index (Phi) is 4.46. The first kappa shape index (κ1) is 18.4. The first-order chi connectivity index (χ1) is 14.0. The zero-order chi connectivity index (χ0) is 20.0. The van der Waals surface area contributed by atoms with Gasteiger partial charge in [0.2, 0.25) is 0 Å². The first-order valence-corrected chi connectivity index (χ1v) is 10.9. The van der Waals surface area contributed by atoms with Gasteiger partial charge in [-0.15, -0.1) is 0 Å². The van der Waals surface area contributed by atoms with Crippen molar-refractivity contribution < 1.29 is 0 Å². The molecule has 2 aromatic rings. The number of nitrogens with zero attached hydrogens (tertiary/aromatic N) is 2. The minimum atomic E-state index is 0.234. The highest BCUT2D eigenvalue weighted by Gasteiger charge is 2.45. The lowest BCUT2D eigenvalue weighted by atomic mass is 9.63. The molecule has 148 valence electrons. The van der Waals surface area contributed by atoms with Crippen LogP contribution in [0.3, 0.4) is 0 Å². The second-order valence-electron chi connectivity index (χ2n) is 9.10. The Labute approximate surface area is 174 Å². The molecule has 1 fully saturated rings. The highest BCUT2D eigenvalue weighted by molar-refractivity contribution is 5.69. The topological polar surface area (TPSA) is 16.1 Å². The van der Waals surface area contributed by atoms with E-state index >= 15 is 0 Å². The predicted octanol–water partition coefficient (Wildman–Crippen LogP) is 4.42. The zero-order valence-electron chi connectivity index (χ0n) is 17.6. The van der Waals surface area contributed by atoms with Crippen LogP contribution < -0.4 is 10.6 Å². The van der Waals surface area contributed by atoms with Crippen molar-refractivity contribution in [3.05, 3.63) is 75.6 Å². The maximum Gasteiger partial charge on any atom is 0.0666 e. The lowest BCUT2D eigenvalue weighted by Gasteiger charge is -2.52. The van der Waals surface area contributed by atoms with Crippen molar-refractivity contribution in [2.45, 2.75) is 56.9 Å². The number of piperidine rings is 1. The number of aromatic nitrogens is 1. The number of fused-ring (bicyclic) bond motifs is 4. The zero-order valence-corrected chi connectivity index (χ0v) is 17.6. The van der Waals surface area contributed by atoms with Gasteiger partial charge < -0.3 is 4.90 Å². The van der Waals surface area contributed by atoms with Gasteiger partial charge in [-0.1, -0.05) is 56.0 Å². The molecule has 1 aromatic carbocycles. The van der Waals surface area contributed by atoms with E-state index in [0.717, 1.165) is 36.7 Å². The number of benzene rings is 1. The molecule has 5 rings (SSSR count). The minimum absolute atomic E-state index is 0.234. The van der Waals surface area contributed by atoms with Crippen LogP contribution in [-0.4, -0.2) is 23.0 Å². The lowest BCUT2D eigenvalue weighted by molar-refractivity contribution is 0.123. The van der Waals surface area contributed by atoms with E-state index in [1.165, 1.54) is 34.9 Å². The third kappa shape index (κ3) is 3.15. The van der Waals surface area contributed by atoms with Gasteiger partial charge in [0.15, 0.2) is 0 Å². The van der Waals surface area contributed by atoms with Crippen molar-refractivity contribution in [1.29, 1.82) is 0 Å². The van der Waals surface area contributed by atoms with Crippen molar-refractivity contribution in [1.82, 2.24) is 9.88 Å². The molecule has 0 N–H and O–H groups in total. The summed E-state index contributed by atoms with van der Waals surface area (Å²) in [6, 6.07) is 12.0. The van der Waals surface area contributed by atoms with Crippen LogP contribution in [0.5, 0.6) is 0 Å². The quantitative estimate of drug-likeness (QED) is 0.764. The van der Waals surface area contributed by atoms with E-state index in [1.807, 2.05) is 0 Å². The Balaban J connectivity index is 1.44. The smallest absolute Gasteiger partial charge is 0.0666 e. The SMILES string of the molecule is C=C1CCC2(C)c3ccc(/C=C/c4ccc5c(n4)=CCCC=5)cc3CCC2N1C. The number of hydrogen-bond acceptors (Lipinski definition) is 2. The van der Waals surface area contributed by atoms with Crippen LogP contribution in [0.2, 0.25) is 0 Å². The average molecular weight is 383 g/mol. The van der Waals surface area contributed by atoms with Crippen LogP contribution in [0.4, 0.5) is 0 Å². The summed E-state index contributed by atoms with van der Waals surface area (Å²) in [7, 11) is 2.23. The molecule has 1 aromatic heterocycles. The summed E-state index contributed by atoms with van der Waals surface area (Å²) in [6.07, 6.45) is 15.8. The van der Waals surface area contributed by atoms with E-state index in [-0.39, 0.29) is 5.41 Å². The van der Waals surface area contributed by atoms with Crippen LogP contribution in [-0.2, 0) is 11.8 Å². The van der Waals surface area contributed by atoms with E-state index < -0.39 is 0 Å². The first-order valence-electron chi connectivity index (χ1n) is 10.9. The number of likely N-dealkylation sites (N-methyl/N-ethyl adjacent to an activating group) is 1. The van der Waals surface area contributed by atoms with Crippen molar-refractivity contribution in [3.63, 3.8) is 0 Å². The van der Waals surface area contributed by atoms with Gasteiger partial charge in [0.1, 0.15) is 0 Å². The monoisotopic (exact) mass is 382 g/mol. The molecule has 2 heterocycles. The van der Waals surface area contributed by atoms with Crippen LogP contribution in [0.15, 0.2) is 42.6 Å². The van der Waals surface area contributed by atoms with Gasteiger partial charge in [-0.25, -0.2) is 4.98 Å². The molecular formula is C27H30N2. The van der Waals surface area contributed by atoms with E-state index in [9.17, 15) is 0 Å². The van der Waals surface area contributed by atoms with Gasteiger partial charge in [0.05, 0.1) is 11.0 Å². The third-order valence-corrected chi connectivity index (χ3v) is 7.36. The maximum atomic E-state index is 4.81. The molecule has 0 spiro atoms. The average Bonchev–Trinajstić information content (AvgIpc) is 2.75. The van der Waals surface area contributed by atoms with Crippen molar-refractivity contribution in [3.8, 4) is 0 Å². The molecule has 29 heavy (non-hydrogen) atoms. The summed E-state index contributed by atoms with van der Waals surface area (Å²) >= 11 is 0. The lowest BCUT2D eigenvalue weighted by Crippen LogP contribution is -2.53.